The minimum atomic E-state index is -5.24. The second kappa shape index (κ2) is 40.5. The van der Waals surface area contributed by atoms with Crippen LogP contribution in [0.3, 0.4) is 0 Å². The molecule has 0 fully saturated rings. The molecule has 10 heteroatoms. The van der Waals surface area contributed by atoms with Crippen LogP contribution in [0.4, 0.5) is 26.3 Å². The maximum atomic E-state index is 11.6. The second-order valence-corrected chi connectivity index (χ2v) is 23.3. The van der Waals surface area contributed by atoms with Crippen molar-refractivity contribution in [2.24, 2.45) is 16.7 Å². The lowest BCUT2D eigenvalue weighted by molar-refractivity contribution is -0.327. The van der Waals surface area contributed by atoms with Crippen LogP contribution in [0.25, 0.3) is 0 Å². The van der Waals surface area contributed by atoms with Gasteiger partial charge in [-0.3, -0.25) is 0 Å². The molecule has 0 N–H and O–H groups in total. The van der Waals surface area contributed by atoms with Gasteiger partial charge in [-0.05, 0) is 71.3 Å². The quantitative estimate of drug-likeness (QED) is 0.192. The van der Waals surface area contributed by atoms with Gasteiger partial charge in [0, 0.05) is 17.9 Å². The topological polar surface area (TPSA) is 34.1 Å². The highest BCUT2D eigenvalue weighted by Gasteiger charge is 2.64. The lowest BCUT2D eigenvalue weighted by atomic mass is 9.78. The maximum absolute atomic E-state index is 11.6. The first-order valence-corrected chi connectivity index (χ1v) is 26.0. The van der Waals surface area contributed by atoms with E-state index in [2.05, 4.69) is 226 Å². The van der Waals surface area contributed by atoms with E-state index in [0.29, 0.717) is 16.7 Å². The summed E-state index contributed by atoms with van der Waals surface area (Å²) in [5.41, 5.74) is 2.78. The third-order valence-electron chi connectivity index (χ3n) is 7.51. The summed E-state index contributed by atoms with van der Waals surface area (Å²) in [4.78, 5) is 0. The predicted octanol–water partition coefficient (Wildman–Crippen LogP) is 20.6. The highest BCUT2D eigenvalue weighted by molar-refractivity contribution is 7.97. The molecule has 0 radical (unpaired) electrons. The molecule has 0 saturated heterocycles. The van der Waals surface area contributed by atoms with Crippen LogP contribution in [0, 0.1) is 16.7 Å². The first-order chi connectivity index (χ1) is 29.2. The number of hydrogen-bond donors (Lipinski definition) is 0. The van der Waals surface area contributed by atoms with Gasteiger partial charge in [-0.15, -0.1) is 0 Å². The van der Waals surface area contributed by atoms with E-state index < -0.39 is 27.6 Å². The van der Waals surface area contributed by atoms with Gasteiger partial charge in [-0.2, -0.15) is 38.1 Å². The second-order valence-electron chi connectivity index (χ2n) is 20.1. The zero-order chi connectivity index (χ0) is 52.5. The van der Waals surface area contributed by atoms with Crippen LogP contribution in [0.2, 0.25) is 0 Å². The number of thioether (sulfide) groups is 1. The molecule has 0 saturated carbocycles. The molecular weight excluding hydrogens is 907 g/mol. The van der Waals surface area contributed by atoms with Crippen LogP contribution in [0.1, 0.15) is 181 Å². The van der Waals surface area contributed by atoms with Crippen LogP contribution >= 0.6 is 11.8 Å². The molecule has 400 valence electrons. The van der Waals surface area contributed by atoms with Crippen molar-refractivity contribution in [3.8, 4) is 0 Å². The third kappa shape index (κ3) is 50.6. The van der Waals surface area contributed by atoms with E-state index in [1.54, 1.807) is 11.8 Å². The summed E-state index contributed by atoms with van der Waals surface area (Å²) >= 11 is 1.75. The Balaban J connectivity index is -0.000000104. The first kappa shape index (κ1) is 81.7. The number of alkyl halides is 6. The van der Waals surface area contributed by atoms with Crippen molar-refractivity contribution in [2.75, 3.05) is 25.0 Å². The lowest BCUT2D eigenvalue weighted by Gasteiger charge is -2.29. The molecule has 0 unspecified atom stereocenters. The van der Waals surface area contributed by atoms with Gasteiger partial charge >= 0.3 is 12.4 Å². The molecule has 4 rings (SSSR count). The van der Waals surface area contributed by atoms with Gasteiger partial charge in [0.25, 0.3) is 0 Å². The van der Waals surface area contributed by atoms with Crippen molar-refractivity contribution in [3.63, 3.8) is 0 Å². The molecule has 4 aromatic carbocycles. The molecule has 0 amide bonds. The number of rotatable bonds is 3. The molecule has 0 aromatic heterocycles. The van der Waals surface area contributed by atoms with Crippen LogP contribution in [0.5, 0.6) is 0 Å². The lowest BCUT2D eigenvalue weighted by Crippen LogP contribution is -2.44. The fraction of sp³-hybridized carbons (Fsp3) is 0.586. The van der Waals surface area contributed by atoms with Crippen molar-refractivity contribution in [3.05, 3.63) is 144 Å². The van der Waals surface area contributed by atoms with E-state index in [1.807, 2.05) is 18.6 Å². The predicted molar refractivity (Wildman–Crippen MR) is 299 cm³/mol. The molecule has 0 aliphatic rings. The number of benzene rings is 4. The summed E-state index contributed by atoms with van der Waals surface area (Å²) in [5, 5.41) is 0. The Morgan fingerprint density at radius 3 is 0.765 bits per heavy atom. The Kier molecular flexibility index (Phi) is 48.7. The minimum Gasteiger partial charge on any atom is -0.229 e. The fourth-order valence-electron chi connectivity index (χ4n) is 3.81. The number of hydrogen-bond acceptors (Lipinski definition) is 3. The van der Waals surface area contributed by atoms with Crippen molar-refractivity contribution >= 4 is 21.6 Å². The molecule has 4 aromatic rings. The van der Waals surface area contributed by atoms with Crippen molar-refractivity contribution in [2.45, 2.75) is 182 Å². The fourth-order valence-corrected chi connectivity index (χ4v) is 3.81. The van der Waals surface area contributed by atoms with Crippen LogP contribution in [-0.4, -0.2) is 45.8 Å². The van der Waals surface area contributed by atoms with Gasteiger partial charge in [-0.1, -0.05) is 261 Å². The summed E-state index contributed by atoms with van der Waals surface area (Å²) in [6, 6.07) is 42.3. The summed E-state index contributed by atoms with van der Waals surface area (Å²) in [5.74, 6) is 1.49. The summed E-state index contributed by atoms with van der Waals surface area (Å²) in [6.45, 7) is 35.3. The van der Waals surface area contributed by atoms with E-state index in [4.69, 9.17) is 0 Å². The third-order valence-corrected chi connectivity index (χ3v) is 7.51. The van der Waals surface area contributed by atoms with Gasteiger partial charge in [0.1, 0.15) is 9.84 Å². The Morgan fingerprint density at radius 2 is 0.647 bits per heavy atom. The summed E-state index contributed by atoms with van der Waals surface area (Å²) in [6.07, 6.45) is -2.84. The minimum absolute atomic E-state index is 0. The highest BCUT2D eigenvalue weighted by atomic mass is 32.2. The molecule has 2 nitrogen and oxygen atoms in total. The molecular formula is C58H102F6O2S2. The van der Waals surface area contributed by atoms with Gasteiger partial charge in [0.2, 0.25) is 0 Å². The highest BCUT2D eigenvalue weighted by Crippen LogP contribution is 2.49. The van der Waals surface area contributed by atoms with Gasteiger partial charge < -0.3 is 0 Å². The van der Waals surface area contributed by atoms with E-state index in [-0.39, 0.29) is 41.5 Å². The van der Waals surface area contributed by atoms with E-state index in [9.17, 15) is 34.8 Å². The van der Waals surface area contributed by atoms with Gasteiger partial charge in [0.15, 0.2) is 5.41 Å². The smallest absolute Gasteiger partial charge is 0.229 e. The Morgan fingerprint density at radius 1 is 0.471 bits per heavy atom. The zero-order valence-corrected chi connectivity index (χ0v) is 45.9. The molecule has 0 aliphatic heterocycles. The standard InChI is InChI=1S/C15H16.C10H14.C9H12.C5H6F6.C5H12.C4H10.C3H8.C2H6O2S.C2H6S.3CH4/c1-15(2,13-9-5-3-6-10-13)14-11-7-4-8-12-14;1-10(2,3)9-7-5-4-6-8-9;1-8(2)9-6-4-3-5-7-9;1-3(2,4(6,7)8)5(9,10)11;1-5(2,3)4;1-4(2)3;1-3-2;1-5(2,3)4;1-3-2;;;/h3-12H,1-2H3;4-8H,1-3H3;3-8H,1-2H3;1-2H3;1-4H3;4H,1-3H3;3H2,1-2H3;1-2H3;1-2H3;3*1H4. The largest absolute Gasteiger partial charge is 0.402 e. The average molecular weight is 1010 g/mol. The Bertz CT molecular complexity index is 1680. The SMILES string of the molecule is C.C.C.CC(C)(C(F)(F)F)C(F)(F)F.CC(C)(C)C.CC(C)(C)c1ccccc1.CC(C)(c1ccccc1)c1ccccc1.CC(C)C.CC(C)c1ccccc1.CCC.CS(C)(=O)=O.CSC. The summed E-state index contributed by atoms with van der Waals surface area (Å²) < 4.78 is 88.9. The average Bonchev–Trinajstić information content (AvgIpc) is 3.15. The van der Waals surface area contributed by atoms with E-state index in [0.717, 1.165) is 18.4 Å². The van der Waals surface area contributed by atoms with Crippen LogP contribution < -0.4 is 0 Å². The maximum Gasteiger partial charge on any atom is 0.402 e. The van der Waals surface area contributed by atoms with Crippen molar-refractivity contribution in [1.82, 2.24) is 0 Å². The molecule has 68 heavy (non-hydrogen) atoms. The summed E-state index contributed by atoms with van der Waals surface area (Å²) in [7, 11) is -2.67. The normalized spacial score (nSPS) is 10.8. The molecule has 0 atom stereocenters. The molecule has 0 spiro atoms. The van der Waals surface area contributed by atoms with Crippen molar-refractivity contribution < 1.29 is 34.8 Å². The van der Waals surface area contributed by atoms with Crippen molar-refractivity contribution in [1.29, 1.82) is 0 Å². The number of halogens is 6. The first-order valence-electron chi connectivity index (χ1n) is 22.1. The van der Waals surface area contributed by atoms with Crippen LogP contribution in [-0.2, 0) is 20.7 Å². The molecule has 0 heterocycles. The van der Waals surface area contributed by atoms with Crippen LogP contribution in [0.15, 0.2) is 121 Å². The molecule has 0 aliphatic carbocycles. The molecule has 0 bridgehead atoms. The number of sulfone groups is 1. The van der Waals surface area contributed by atoms with Gasteiger partial charge in [-0.25, -0.2) is 8.42 Å². The Hall–Kier alpha value is -3.24. The van der Waals surface area contributed by atoms with E-state index >= 15 is 0 Å². The monoisotopic (exact) mass is 1010 g/mol. The zero-order valence-electron chi connectivity index (χ0n) is 44.3. The Labute approximate surface area is 422 Å². The van der Waals surface area contributed by atoms with E-state index in [1.165, 1.54) is 28.7 Å². The van der Waals surface area contributed by atoms with Gasteiger partial charge in [0.05, 0.1) is 0 Å².